The molecule has 0 radical (unpaired) electrons. The van der Waals surface area contributed by atoms with E-state index in [4.69, 9.17) is 9.47 Å². The van der Waals surface area contributed by atoms with Crippen LogP contribution in [0.3, 0.4) is 0 Å². The molecule has 118 valence electrons. The normalized spacial score (nSPS) is 17.6. The van der Waals surface area contributed by atoms with Crippen molar-refractivity contribution in [2.24, 2.45) is 0 Å². The smallest absolute Gasteiger partial charge is 0.337 e. The standard InChI is InChI=1S/C15H18N2O5/c1-7-5-9(6-10(21-3)13(7)18)12-11(14(19)22-4)8(2)16-15(20)17-12/h5-6,12,18H,1-4H3,(H2,16,17,20). The first-order valence-corrected chi connectivity index (χ1v) is 6.63. The molecule has 1 heterocycles. The largest absolute Gasteiger partial charge is 0.504 e. The minimum Gasteiger partial charge on any atom is -0.504 e. The number of esters is 1. The molecule has 1 unspecified atom stereocenters. The molecule has 22 heavy (non-hydrogen) atoms. The van der Waals surface area contributed by atoms with E-state index in [0.29, 0.717) is 22.4 Å². The number of allylic oxidation sites excluding steroid dienone is 1. The number of aromatic hydroxyl groups is 1. The SMILES string of the molecule is COC(=O)C1=C(C)NC(=O)NC1c1cc(C)c(O)c(OC)c1. The molecule has 0 aromatic heterocycles. The summed E-state index contributed by atoms with van der Waals surface area (Å²) in [6.07, 6.45) is 0. The van der Waals surface area contributed by atoms with E-state index in [1.807, 2.05) is 0 Å². The Labute approximate surface area is 127 Å². The molecular formula is C15H18N2O5. The molecule has 7 heteroatoms. The van der Waals surface area contributed by atoms with Gasteiger partial charge in [-0.3, -0.25) is 0 Å². The first kappa shape index (κ1) is 15.7. The molecule has 0 spiro atoms. The molecule has 1 atom stereocenters. The van der Waals surface area contributed by atoms with Gasteiger partial charge >= 0.3 is 12.0 Å². The van der Waals surface area contributed by atoms with Crippen molar-refractivity contribution in [3.8, 4) is 11.5 Å². The second-order valence-corrected chi connectivity index (χ2v) is 4.95. The Morgan fingerprint density at radius 2 is 1.95 bits per heavy atom. The van der Waals surface area contributed by atoms with Crippen molar-refractivity contribution in [3.63, 3.8) is 0 Å². The van der Waals surface area contributed by atoms with Crippen LogP contribution in [0.1, 0.15) is 24.1 Å². The average molecular weight is 306 g/mol. The monoisotopic (exact) mass is 306 g/mol. The zero-order valence-electron chi connectivity index (χ0n) is 12.8. The molecule has 3 N–H and O–H groups in total. The number of urea groups is 1. The number of rotatable bonds is 3. The van der Waals surface area contributed by atoms with Crippen molar-refractivity contribution >= 4 is 12.0 Å². The van der Waals surface area contributed by atoms with Gasteiger partial charge in [0.1, 0.15) is 0 Å². The average Bonchev–Trinajstić information content (AvgIpc) is 2.48. The van der Waals surface area contributed by atoms with Crippen LogP contribution in [0.4, 0.5) is 4.79 Å². The van der Waals surface area contributed by atoms with Crippen molar-refractivity contribution < 1.29 is 24.2 Å². The summed E-state index contributed by atoms with van der Waals surface area (Å²) in [7, 11) is 2.71. The van der Waals surface area contributed by atoms with Crippen molar-refractivity contribution in [1.29, 1.82) is 0 Å². The van der Waals surface area contributed by atoms with Gasteiger partial charge in [0.15, 0.2) is 11.5 Å². The molecule has 0 bridgehead atoms. The van der Waals surface area contributed by atoms with Gasteiger partial charge in [-0.15, -0.1) is 0 Å². The van der Waals surface area contributed by atoms with Gasteiger partial charge < -0.3 is 25.2 Å². The second kappa shape index (κ2) is 5.97. The Morgan fingerprint density at radius 1 is 1.27 bits per heavy atom. The van der Waals surface area contributed by atoms with E-state index in [2.05, 4.69) is 10.6 Å². The van der Waals surface area contributed by atoms with Crippen molar-refractivity contribution in [3.05, 3.63) is 34.5 Å². The summed E-state index contributed by atoms with van der Waals surface area (Å²) in [5.41, 5.74) is 1.91. The van der Waals surface area contributed by atoms with Gasteiger partial charge in [0.25, 0.3) is 0 Å². The summed E-state index contributed by atoms with van der Waals surface area (Å²) in [6.45, 7) is 3.33. The minimum atomic E-state index is -0.686. The van der Waals surface area contributed by atoms with Crippen LogP contribution in [0.5, 0.6) is 11.5 Å². The maximum absolute atomic E-state index is 12.0. The fraction of sp³-hybridized carbons (Fsp3) is 0.333. The first-order chi connectivity index (χ1) is 10.4. The quantitative estimate of drug-likeness (QED) is 0.736. The topological polar surface area (TPSA) is 96.9 Å². The predicted octanol–water partition coefficient (Wildman–Crippen LogP) is 1.51. The number of phenolic OH excluding ortho intramolecular Hbond substituents is 1. The van der Waals surface area contributed by atoms with Gasteiger partial charge in [0.2, 0.25) is 0 Å². The van der Waals surface area contributed by atoms with E-state index in [1.165, 1.54) is 14.2 Å². The van der Waals surface area contributed by atoms with Gasteiger partial charge in [0.05, 0.1) is 25.8 Å². The highest BCUT2D eigenvalue weighted by Crippen LogP contribution is 2.36. The highest BCUT2D eigenvalue weighted by molar-refractivity contribution is 5.95. The summed E-state index contributed by atoms with van der Waals surface area (Å²) in [5.74, 6) is -0.254. The number of benzene rings is 1. The Kier molecular flexibility index (Phi) is 4.25. The van der Waals surface area contributed by atoms with Crippen LogP contribution in [0.15, 0.2) is 23.4 Å². The molecule has 1 aromatic rings. The first-order valence-electron chi connectivity index (χ1n) is 6.63. The van der Waals surface area contributed by atoms with Crippen molar-refractivity contribution in [2.45, 2.75) is 19.9 Å². The number of amides is 2. The number of aryl methyl sites for hydroxylation is 1. The molecule has 0 fully saturated rings. The van der Waals surface area contributed by atoms with Crippen LogP contribution in [0, 0.1) is 6.92 Å². The van der Waals surface area contributed by atoms with E-state index in [-0.39, 0.29) is 11.5 Å². The lowest BCUT2D eigenvalue weighted by molar-refractivity contribution is -0.136. The van der Waals surface area contributed by atoms with Crippen LogP contribution >= 0.6 is 0 Å². The molecule has 7 nitrogen and oxygen atoms in total. The lowest BCUT2D eigenvalue weighted by Gasteiger charge is -2.28. The van der Waals surface area contributed by atoms with Crippen LogP contribution < -0.4 is 15.4 Å². The number of ether oxygens (including phenoxy) is 2. The van der Waals surface area contributed by atoms with E-state index in [0.717, 1.165) is 0 Å². The van der Waals surface area contributed by atoms with E-state index >= 15 is 0 Å². The number of nitrogens with one attached hydrogen (secondary N) is 2. The molecule has 0 saturated carbocycles. The third-order valence-electron chi connectivity index (χ3n) is 3.52. The van der Waals surface area contributed by atoms with Gasteiger partial charge in [-0.05, 0) is 37.1 Å². The predicted molar refractivity (Wildman–Crippen MR) is 78.5 cm³/mol. The van der Waals surface area contributed by atoms with Crippen LogP contribution in [-0.2, 0) is 9.53 Å². The maximum atomic E-state index is 12.0. The summed E-state index contributed by atoms with van der Waals surface area (Å²) in [6, 6.07) is 2.16. The molecule has 2 amide bonds. The van der Waals surface area contributed by atoms with Crippen LogP contribution in [0.25, 0.3) is 0 Å². The molecule has 1 aliphatic rings. The molecule has 1 aliphatic heterocycles. The van der Waals surface area contributed by atoms with Gasteiger partial charge in [-0.2, -0.15) is 0 Å². The summed E-state index contributed by atoms with van der Waals surface area (Å²) >= 11 is 0. The number of hydrogen-bond acceptors (Lipinski definition) is 5. The van der Waals surface area contributed by atoms with Crippen LogP contribution in [-0.4, -0.2) is 31.3 Å². The third kappa shape index (κ3) is 2.69. The van der Waals surface area contributed by atoms with Gasteiger partial charge in [0, 0.05) is 5.70 Å². The lowest BCUT2D eigenvalue weighted by atomic mass is 9.94. The lowest BCUT2D eigenvalue weighted by Crippen LogP contribution is -2.45. The molecule has 1 aromatic carbocycles. The number of carbonyl (C=O) groups excluding carboxylic acids is 2. The van der Waals surface area contributed by atoms with E-state index in [9.17, 15) is 14.7 Å². The fourth-order valence-electron chi connectivity index (χ4n) is 2.42. The second-order valence-electron chi connectivity index (χ2n) is 4.95. The van der Waals surface area contributed by atoms with E-state index < -0.39 is 18.0 Å². The van der Waals surface area contributed by atoms with Crippen molar-refractivity contribution in [2.75, 3.05) is 14.2 Å². The zero-order valence-corrected chi connectivity index (χ0v) is 12.8. The Morgan fingerprint density at radius 3 is 2.55 bits per heavy atom. The number of carbonyl (C=O) groups is 2. The highest BCUT2D eigenvalue weighted by atomic mass is 16.5. The molecule has 0 saturated heterocycles. The summed E-state index contributed by atoms with van der Waals surface area (Å²) in [5, 5.41) is 15.1. The van der Waals surface area contributed by atoms with Crippen molar-refractivity contribution in [1.82, 2.24) is 10.6 Å². The van der Waals surface area contributed by atoms with Crippen LogP contribution in [0.2, 0.25) is 0 Å². The fourth-order valence-corrected chi connectivity index (χ4v) is 2.42. The number of methoxy groups -OCH3 is 2. The Balaban J connectivity index is 2.58. The molecule has 0 aliphatic carbocycles. The minimum absolute atomic E-state index is 0.0202. The zero-order chi connectivity index (χ0) is 16.4. The molecule has 2 rings (SSSR count). The maximum Gasteiger partial charge on any atom is 0.337 e. The molecular weight excluding hydrogens is 288 g/mol. The Bertz CT molecular complexity index is 666. The van der Waals surface area contributed by atoms with E-state index in [1.54, 1.807) is 26.0 Å². The summed E-state index contributed by atoms with van der Waals surface area (Å²) in [4.78, 5) is 23.8. The third-order valence-corrected chi connectivity index (χ3v) is 3.52. The Hall–Kier alpha value is -2.70. The van der Waals surface area contributed by atoms with Gasteiger partial charge in [-0.25, -0.2) is 9.59 Å². The number of phenols is 1. The number of hydrogen-bond donors (Lipinski definition) is 3. The summed E-state index contributed by atoms with van der Waals surface area (Å²) < 4.78 is 9.91. The van der Waals surface area contributed by atoms with Gasteiger partial charge in [-0.1, -0.05) is 0 Å². The highest BCUT2D eigenvalue weighted by Gasteiger charge is 2.32.